The second-order valence-corrected chi connectivity index (χ2v) is 4.80. The largest absolute Gasteiger partial charge is 0.317 e. The second-order valence-electron chi connectivity index (χ2n) is 3.77. The average Bonchev–Trinajstić information content (AvgIpc) is 2.74. The van der Waals surface area contributed by atoms with Crippen molar-refractivity contribution in [3.8, 4) is 0 Å². The Kier molecular flexibility index (Phi) is 6.37. The quantitative estimate of drug-likeness (QED) is 0.550. The molecule has 1 rings (SSSR count). The van der Waals surface area contributed by atoms with Crippen molar-refractivity contribution >= 4 is 11.3 Å². The fraction of sp³-hybridized carbons (Fsp3) is 0.538. The molecule has 0 radical (unpaired) electrons. The maximum atomic E-state index is 3.33. The third kappa shape index (κ3) is 5.75. The molecule has 0 aromatic carbocycles. The van der Waals surface area contributed by atoms with Crippen LogP contribution >= 0.6 is 11.3 Å². The lowest BCUT2D eigenvalue weighted by molar-refractivity contribution is 0.723. The number of hydrogen-bond acceptors (Lipinski definition) is 2. The van der Waals surface area contributed by atoms with Crippen LogP contribution in [0, 0.1) is 0 Å². The molecule has 0 saturated heterocycles. The molecule has 0 amide bonds. The molecule has 0 bridgehead atoms. The number of allylic oxidation sites excluding steroid dienone is 1. The van der Waals surface area contributed by atoms with E-state index in [4.69, 9.17) is 0 Å². The predicted molar refractivity (Wildman–Crippen MR) is 69.6 cm³/mol. The van der Waals surface area contributed by atoms with E-state index in [0.717, 1.165) is 19.5 Å². The van der Waals surface area contributed by atoms with Crippen molar-refractivity contribution in [1.82, 2.24) is 5.32 Å². The lowest BCUT2D eigenvalue weighted by atomic mass is 10.1. The van der Waals surface area contributed by atoms with Gasteiger partial charge in [0.15, 0.2) is 0 Å². The fourth-order valence-electron chi connectivity index (χ4n) is 1.47. The highest BCUT2D eigenvalue weighted by Gasteiger charge is 1.94. The van der Waals surface area contributed by atoms with Gasteiger partial charge in [0.05, 0.1) is 0 Å². The summed E-state index contributed by atoms with van der Waals surface area (Å²) < 4.78 is 0. The zero-order valence-corrected chi connectivity index (χ0v) is 10.6. The van der Waals surface area contributed by atoms with Crippen LogP contribution in [0.5, 0.6) is 0 Å². The first-order valence-electron chi connectivity index (χ1n) is 5.71. The number of rotatable bonds is 7. The van der Waals surface area contributed by atoms with Gasteiger partial charge in [-0.3, -0.25) is 0 Å². The van der Waals surface area contributed by atoms with Gasteiger partial charge in [-0.25, -0.2) is 0 Å². The molecule has 0 aliphatic carbocycles. The van der Waals surface area contributed by atoms with Crippen molar-refractivity contribution in [2.24, 2.45) is 0 Å². The van der Waals surface area contributed by atoms with Gasteiger partial charge in [-0.2, -0.15) is 0 Å². The molecule has 0 unspecified atom stereocenters. The minimum Gasteiger partial charge on any atom is -0.317 e. The Hall–Kier alpha value is -0.600. The molecule has 15 heavy (non-hydrogen) atoms. The van der Waals surface area contributed by atoms with Gasteiger partial charge in [-0.15, -0.1) is 11.3 Å². The molecule has 1 nitrogen and oxygen atoms in total. The highest BCUT2D eigenvalue weighted by molar-refractivity contribution is 7.09. The molecular weight excluding hydrogens is 202 g/mol. The van der Waals surface area contributed by atoms with Gasteiger partial charge in [-0.1, -0.05) is 24.6 Å². The highest BCUT2D eigenvalue weighted by Crippen LogP contribution is 2.14. The topological polar surface area (TPSA) is 12.0 Å². The summed E-state index contributed by atoms with van der Waals surface area (Å²) in [5.41, 5.74) is 1.52. The Bertz CT molecular complexity index is 275. The minimum absolute atomic E-state index is 1.07. The second kappa shape index (κ2) is 7.66. The Morgan fingerprint density at radius 1 is 1.53 bits per heavy atom. The Labute approximate surface area is 97.2 Å². The van der Waals surface area contributed by atoms with Crippen LogP contribution in [-0.4, -0.2) is 13.1 Å². The molecule has 2 heteroatoms. The van der Waals surface area contributed by atoms with Gasteiger partial charge in [-0.05, 0) is 50.7 Å². The lowest BCUT2D eigenvalue weighted by Crippen LogP contribution is -2.13. The maximum Gasteiger partial charge on any atom is 0.00483 e. The van der Waals surface area contributed by atoms with E-state index < -0.39 is 0 Å². The predicted octanol–water partition coefficient (Wildman–Crippen LogP) is 3.63. The highest BCUT2D eigenvalue weighted by atomic mass is 32.1. The minimum atomic E-state index is 1.07. The lowest BCUT2D eigenvalue weighted by Gasteiger charge is -2.01. The van der Waals surface area contributed by atoms with Crippen molar-refractivity contribution in [3.63, 3.8) is 0 Å². The number of hydrogen-bond donors (Lipinski definition) is 1. The molecular formula is C13H21NS. The molecule has 0 spiro atoms. The average molecular weight is 223 g/mol. The molecule has 0 atom stereocenters. The third-order valence-electron chi connectivity index (χ3n) is 2.41. The molecule has 0 aliphatic rings. The molecule has 0 saturated carbocycles. The van der Waals surface area contributed by atoms with Crippen molar-refractivity contribution < 1.29 is 0 Å². The summed E-state index contributed by atoms with van der Waals surface area (Å²) in [7, 11) is 0. The van der Waals surface area contributed by atoms with E-state index in [1.165, 1.54) is 23.3 Å². The summed E-state index contributed by atoms with van der Waals surface area (Å²) in [6, 6.07) is 4.35. The standard InChI is InChI=1S/C13H21NS/c1-3-14-10-4-6-12(2)8-9-13-7-5-11-15-13/h5-7,11,14H,3-4,8-10H2,1-2H3. The van der Waals surface area contributed by atoms with Crippen molar-refractivity contribution in [1.29, 1.82) is 0 Å². The zero-order valence-electron chi connectivity index (χ0n) is 9.75. The molecule has 84 valence electrons. The monoisotopic (exact) mass is 223 g/mol. The van der Waals surface area contributed by atoms with Gasteiger partial charge in [0.1, 0.15) is 0 Å². The SMILES string of the molecule is CCNCCC=C(C)CCc1cccs1. The van der Waals surface area contributed by atoms with Crippen molar-refractivity contribution in [2.45, 2.75) is 33.1 Å². The van der Waals surface area contributed by atoms with Crippen LogP contribution in [0.1, 0.15) is 31.6 Å². The number of thiophene rings is 1. The smallest absolute Gasteiger partial charge is 0.00483 e. The molecule has 1 aromatic heterocycles. The van der Waals surface area contributed by atoms with Gasteiger partial charge in [0.2, 0.25) is 0 Å². The van der Waals surface area contributed by atoms with Gasteiger partial charge in [0.25, 0.3) is 0 Å². The van der Waals surface area contributed by atoms with Crippen LogP contribution in [0.15, 0.2) is 29.2 Å². The Balaban J connectivity index is 2.14. The summed E-state index contributed by atoms with van der Waals surface area (Å²) in [4.78, 5) is 1.49. The number of aryl methyl sites for hydroxylation is 1. The molecule has 1 N–H and O–H groups in total. The van der Waals surface area contributed by atoms with E-state index in [-0.39, 0.29) is 0 Å². The van der Waals surface area contributed by atoms with Gasteiger partial charge < -0.3 is 5.32 Å². The number of nitrogens with one attached hydrogen (secondary N) is 1. The summed E-state index contributed by atoms with van der Waals surface area (Å²) in [5.74, 6) is 0. The van der Waals surface area contributed by atoms with Crippen LogP contribution < -0.4 is 5.32 Å². The maximum absolute atomic E-state index is 3.33. The molecule has 0 aliphatic heterocycles. The first-order valence-corrected chi connectivity index (χ1v) is 6.59. The van der Waals surface area contributed by atoms with Crippen LogP contribution in [0.25, 0.3) is 0 Å². The van der Waals surface area contributed by atoms with Crippen molar-refractivity contribution in [2.75, 3.05) is 13.1 Å². The van der Waals surface area contributed by atoms with E-state index >= 15 is 0 Å². The van der Waals surface area contributed by atoms with Crippen LogP contribution in [-0.2, 0) is 6.42 Å². The van der Waals surface area contributed by atoms with Crippen molar-refractivity contribution in [3.05, 3.63) is 34.0 Å². The summed E-state index contributed by atoms with van der Waals surface area (Å²) in [5, 5.41) is 5.48. The molecule has 1 aromatic rings. The van der Waals surface area contributed by atoms with E-state index in [1.54, 1.807) is 0 Å². The van der Waals surface area contributed by atoms with E-state index in [9.17, 15) is 0 Å². The first kappa shape index (κ1) is 12.5. The zero-order chi connectivity index (χ0) is 10.9. The first-order chi connectivity index (χ1) is 7.33. The van der Waals surface area contributed by atoms with Gasteiger partial charge in [0, 0.05) is 4.88 Å². The molecule has 0 fully saturated rings. The normalized spacial score (nSPS) is 12.0. The Morgan fingerprint density at radius 3 is 3.07 bits per heavy atom. The van der Waals surface area contributed by atoms with Gasteiger partial charge >= 0.3 is 0 Å². The van der Waals surface area contributed by atoms with Crippen LogP contribution in [0.2, 0.25) is 0 Å². The summed E-state index contributed by atoms with van der Waals surface area (Å²) in [6.07, 6.45) is 5.91. The third-order valence-corrected chi connectivity index (χ3v) is 3.35. The van der Waals surface area contributed by atoms with E-state index in [1.807, 2.05) is 11.3 Å². The van der Waals surface area contributed by atoms with E-state index in [2.05, 4.69) is 42.8 Å². The van der Waals surface area contributed by atoms with Crippen LogP contribution in [0.3, 0.4) is 0 Å². The van der Waals surface area contributed by atoms with E-state index in [0.29, 0.717) is 0 Å². The Morgan fingerprint density at radius 2 is 2.40 bits per heavy atom. The van der Waals surface area contributed by atoms with Crippen LogP contribution in [0.4, 0.5) is 0 Å². The summed E-state index contributed by atoms with van der Waals surface area (Å²) in [6.45, 7) is 6.56. The molecule has 1 heterocycles. The summed E-state index contributed by atoms with van der Waals surface area (Å²) >= 11 is 1.86. The fourth-order valence-corrected chi connectivity index (χ4v) is 2.18.